The number of halogens is 3. The van der Waals surface area contributed by atoms with Crippen LogP contribution in [-0.4, -0.2) is 21.3 Å². The second kappa shape index (κ2) is 8.05. The van der Waals surface area contributed by atoms with Crippen molar-refractivity contribution >= 4 is 5.97 Å². The monoisotopic (exact) mass is 429 g/mol. The van der Waals surface area contributed by atoms with Gasteiger partial charge in [-0.3, -0.25) is 0 Å². The molecule has 2 aromatic carbocycles. The van der Waals surface area contributed by atoms with E-state index in [9.17, 15) is 18.0 Å². The smallest absolute Gasteiger partial charge is 0.416 e. The lowest BCUT2D eigenvalue weighted by Gasteiger charge is -2.08. The first-order valence-electron chi connectivity index (χ1n) is 9.02. The van der Waals surface area contributed by atoms with Crippen molar-refractivity contribution < 1.29 is 31.6 Å². The summed E-state index contributed by atoms with van der Waals surface area (Å²) >= 11 is 0. The summed E-state index contributed by atoms with van der Waals surface area (Å²) in [6, 6.07) is 13.2. The first kappa shape index (κ1) is 20.3. The Hall–Kier alpha value is -3.95. The third kappa shape index (κ3) is 4.32. The molecular weight excluding hydrogens is 415 g/mol. The molecule has 2 aromatic heterocycles. The van der Waals surface area contributed by atoms with Gasteiger partial charge in [0.1, 0.15) is 17.0 Å². The Morgan fingerprint density at radius 1 is 1.06 bits per heavy atom. The summed E-state index contributed by atoms with van der Waals surface area (Å²) < 4.78 is 54.3. The summed E-state index contributed by atoms with van der Waals surface area (Å²) in [4.78, 5) is 12.1. The van der Waals surface area contributed by atoms with Crippen molar-refractivity contribution in [2.75, 3.05) is 0 Å². The van der Waals surface area contributed by atoms with E-state index in [0.29, 0.717) is 23.1 Å². The molecule has 0 fully saturated rings. The zero-order valence-corrected chi connectivity index (χ0v) is 16.0. The highest BCUT2D eigenvalue weighted by molar-refractivity contribution is 5.89. The number of alkyl halides is 3. The van der Waals surface area contributed by atoms with Gasteiger partial charge in [0.15, 0.2) is 6.61 Å². The van der Waals surface area contributed by atoms with Crippen LogP contribution < -0.4 is 0 Å². The minimum absolute atomic E-state index is 0.0325. The molecule has 0 spiro atoms. The number of esters is 1. The number of hydrogen-bond acceptors (Lipinski definition) is 7. The number of aryl methyl sites for hydroxylation is 1. The van der Waals surface area contributed by atoms with Gasteiger partial charge in [0.05, 0.1) is 11.1 Å². The third-order valence-electron chi connectivity index (χ3n) is 4.34. The largest absolute Gasteiger partial charge is 0.452 e. The van der Waals surface area contributed by atoms with Crippen molar-refractivity contribution in [1.82, 2.24) is 15.4 Å². The van der Waals surface area contributed by atoms with E-state index in [1.807, 2.05) is 30.3 Å². The number of carbonyl (C=O) groups is 1. The van der Waals surface area contributed by atoms with Gasteiger partial charge in [-0.15, -0.1) is 10.2 Å². The van der Waals surface area contributed by atoms with Crippen LogP contribution in [0.15, 0.2) is 63.5 Å². The highest BCUT2D eigenvalue weighted by Crippen LogP contribution is 2.33. The van der Waals surface area contributed by atoms with Gasteiger partial charge < -0.3 is 13.7 Å². The van der Waals surface area contributed by atoms with Crippen LogP contribution in [0.3, 0.4) is 0 Å². The molecule has 10 heteroatoms. The van der Waals surface area contributed by atoms with E-state index in [2.05, 4.69) is 15.4 Å². The van der Waals surface area contributed by atoms with E-state index in [0.717, 1.165) is 17.7 Å². The SMILES string of the molecule is Cc1onc(-c2ccccc2)c1-c1nnc(COC(=O)c2cccc(C(F)(F)F)c2)o1. The molecule has 0 amide bonds. The van der Waals surface area contributed by atoms with Crippen LogP contribution in [0.1, 0.15) is 27.6 Å². The maximum Gasteiger partial charge on any atom is 0.416 e. The summed E-state index contributed by atoms with van der Waals surface area (Å²) in [5.74, 6) is -0.412. The minimum atomic E-state index is -4.56. The molecule has 31 heavy (non-hydrogen) atoms. The molecule has 4 rings (SSSR count). The molecule has 0 unspecified atom stereocenters. The van der Waals surface area contributed by atoms with Gasteiger partial charge in [0, 0.05) is 5.56 Å². The highest BCUT2D eigenvalue weighted by Gasteiger charge is 2.31. The molecule has 2 heterocycles. The van der Waals surface area contributed by atoms with Crippen LogP contribution >= 0.6 is 0 Å². The van der Waals surface area contributed by atoms with E-state index in [1.165, 1.54) is 6.07 Å². The van der Waals surface area contributed by atoms with Crippen LogP contribution in [0, 0.1) is 6.92 Å². The molecule has 0 aliphatic heterocycles. The Bertz CT molecular complexity index is 1220. The summed E-state index contributed by atoms with van der Waals surface area (Å²) in [6.07, 6.45) is -4.56. The van der Waals surface area contributed by atoms with Crippen molar-refractivity contribution in [2.45, 2.75) is 19.7 Å². The average molecular weight is 429 g/mol. The molecule has 0 saturated carbocycles. The van der Waals surface area contributed by atoms with Gasteiger partial charge >= 0.3 is 12.1 Å². The van der Waals surface area contributed by atoms with Gasteiger partial charge in [-0.1, -0.05) is 41.6 Å². The fraction of sp³-hybridized carbons (Fsp3) is 0.143. The molecule has 158 valence electrons. The standard InChI is InChI=1S/C21H14F3N3O4/c1-12-17(18(27-31-12)13-6-3-2-4-7-13)19-26-25-16(30-19)11-29-20(28)14-8-5-9-15(10-14)21(22,23)24/h2-10H,11H2,1H3. The Labute approximate surface area is 173 Å². The van der Waals surface area contributed by atoms with E-state index < -0.39 is 24.3 Å². The molecule has 0 aliphatic rings. The second-order valence-electron chi connectivity index (χ2n) is 6.48. The summed E-state index contributed by atoms with van der Waals surface area (Å²) in [7, 11) is 0. The average Bonchev–Trinajstić information content (AvgIpc) is 3.38. The molecule has 0 bridgehead atoms. The van der Waals surface area contributed by atoms with E-state index in [1.54, 1.807) is 6.92 Å². The van der Waals surface area contributed by atoms with Crippen molar-refractivity contribution in [3.8, 4) is 22.7 Å². The van der Waals surface area contributed by atoms with Crippen molar-refractivity contribution in [3.05, 3.63) is 77.4 Å². The number of benzene rings is 2. The lowest BCUT2D eigenvalue weighted by atomic mass is 10.1. The number of rotatable bonds is 5. The molecule has 7 nitrogen and oxygen atoms in total. The second-order valence-corrected chi connectivity index (χ2v) is 6.48. The topological polar surface area (TPSA) is 91.3 Å². The molecule has 0 atom stereocenters. The molecular formula is C21H14F3N3O4. The maximum atomic E-state index is 12.8. The van der Waals surface area contributed by atoms with Crippen LogP contribution in [0.5, 0.6) is 0 Å². The fourth-order valence-electron chi connectivity index (χ4n) is 2.86. The lowest BCUT2D eigenvalue weighted by Crippen LogP contribution is -2.09. The van der Waals surface area contributed by atoms with Gasteiger partial charge in [-0.2, -0.15) is 13.2 Å². The molecule has 0 radical (unpaired) electrons. The number of nitrogens with zero attached hydrogens (tertiary/aromatic N) is 3. The van der Waals surface area contributed by atoms with Gasteiger partial charge in [-0.05, 0) is 25.1 Å². The fourth-order valence-corrected chi connectivity index (χ4v) is 2.86. The Balaban J connectivity index is 1.50. The zero-order valence-electron chi connectivity index (χ0n) is 16.0. The zero-order chi connectivity index (χ0) is 22.0. The Morgan fingerprint density at radius 3 is 2.58 bits per heavy atom. The predicted octanol–water partition coefficient (Wildman–Crippen LogP) is 5.08. The quantitative estimate of drug-likeness (QED) is 0.409. The van der Waals surface area contributed by atoms with Crippen molar-refractivity contribution in [1.29, 1.82) is 0 Å². The van der Waals surface area contributed by atoms with Crippen molar-refractivity contribution in [2.24, 2.45) is 0 Å². The molecule has 0 aliphatic carbocycles. The Morgan fingerprint density at radius 2 is 1.84 bits per heavy atom. The molecule has 4 aromatic rings. The number of hydrogen-bond donors (Lipinski definition) is 0. The van der Waals surface area contributed by atoms with E-state index >= 15 is 0 Å². The van der Waals surface area contributed by atoms with Crippen LogP contribution in [0.4, 0.5) is 13.2 Å². The van der Waals surface area contributed by atoms with E-state index in [-0.39, 0.29) is 17.3 Å². The number of aromatic nitrogens is 3. The third-order valence-corrected chi connectivity index (χ3v) is 4.34. The number of ether oxygens (including phenoxy) is 1. The maximum absolute atomic E-state index is 12.8. The van der Waals surface area contributed by atoms with E-state index in [4.69, 9.17) is 13.7 Å². The highest BCUT2D eigenvalue weighted by atomic mass is 19.4. The van der Waals surface area contributed by atoms with Crippen LogP contribution in [0.2, 0.25) is 0 Å². The first-order chi connectivity index (χ1) is 14.8. The molecule has 0 saturated heterocycles. The summed E-state index contributed by atoms with van der Waals surface area (Å²) in [6.45, 7) is 1.28. The van der Waals surface area contributed by atoms with Gasteiger partial charge in [0.2, 0.25) is 0 Å². The number of carbonyl (C=O) groups excluding carboxylic acids is 1. The minimum Gasteiger partial charge on any atom is -0.452 e. The van der Waals surface area contributed by atoms with Gasteiger partial charge in [0.25, 0.3) is 11.8 Å². The van der Waals surface area contributed by atoms with Crippen LogP contribution in [0.25, 0.3) is 22.7 Å². The summed E-state index contributed by atoms with van der Waals surface area (Å²) in [5.41, 5.74) is 0.600. The predicted molar refractivity (Wildman–Crippen MR) is 101 cm³/mol. The Kier molecular flexibility index (Phi) is 5.28. The lowest BCUT2D eigenvalue weighted by molar-refractivity contribution is -0.137. The van der Waals surface area contributed by atoms with Crippen LogP contribution in [-0.2, 0) is 17.5 Å². The normalized spacial score (nSPS) is 11.5. The molecule has 0 N–H and O–H groups in total. The summed E-state index contributed by atoms with van der Waals surface area (Å²) in [5, 5.41) is 11.8. The first-order valence-corrected chi connectivity index (χ1v) is 9.02. The van der Waals surface area contributed by atoms with Gasteiger partial charge in [-0.25, -0.2) is 4.79 Å². The van der Waals surface area contributed by atoms with Crippen molar-refractivity contribution in [3.63, 3.8) is 0 Å².